The van der Waals surface area contributed by atoms with Crippen molar-refractivity contribution in [3.8, 4) is 11.6 Å². The topological polar surface area (TPSA) is 76.2 Å². The molecular formula is C11H8F2N2O3. The van der Waals surface area contributed by atoms with E-state index in [4.69, 9.17) is 9.52 Å². The van der Waals surface area contributed by atoms with Crippen LogP contribution in [-0.4, -0.2) is 21.0 Å². The predicted molar refractivity (Wildman–Crippen MR) is 56.4 cm³/mol. The first-order chi connectivity index (χ1) is 8.50. The maximum atomic E-state index is 12.7. The van der Waals surface area contributed by atoms with Gasteiger partial charge in [0.25, 0.3) is 6.43 Å². The molecule has 0 saturated heterocycles. The number of furan rings is 1. The van der Waals surface area contributed by atoms with Crippen molar-refractivity contribution >= 4 is 5.97 Å². The minimum atomic E-state index is -2.99. The van der Waals surface area contributed by atoms with Gasteiger partial charge in [0.1, 0.15) is 11.3 Å². The molecule has 94 valence electrons. The van der Waals surface area contributed by atoms with Crippen LogP contribution in [0, 0.1) is 6.92 Å². The molecule has 2 heterocycles. The maximum Gasteiger partial charge on any atom is 0.339 e. The van der Waals surface area contributed by atoms with E-state index in [1.165, 1.54) is 6.26 Å². The van der Waals surface area contributed by atoms with Crippen LogP contribution in [-0.2, 0) is 0 Å². The van der Waals surface area contributed by atoms with Crippen LogP contribution >= 0.6 is 0 Å². The van der Waals surface area contributed by atoms with Crippen LogP contribution in [0.15, 0.2) is 22.9 Å². The molecule has 0 fully saturated rings. The van der Waals surface area contributed by atoms with Crippen molar-refractivity contribution in [1.82, 2.24) is 9.97 Å². The van der Waals surface area contributed by atoms with Crippen LogP contribution in [0.3, 0.4) is 0 Å². The number of nitrogens with zero attached hydrogens (tertiary/aromatic N) is 2. The Morgan fingerprint density at radius 1 is 1.50 bits per heavy atom. The predicted octanol–water partition coefficient (Wildman–Crippen LogP) is 2.68. The lowest BCUT2D eigenvalue weighted by atomic mass is 10.2. The van der Waals surface area contributed by atoms with E-state index in [0.29, 0.717) is 5.56 Å². The molecule has 7 heteroatoms. The Balaban J connectivity index is 2.57. The maximum absolute atomic E-state index is 12.7. The molecule has 2 rings (SSSR count). The van der Waals surface area contributed by atoms with E-state index in [0.717, 1.165) is 6.20 Å². The number of aromatic nitrogens is 2. The van der Waals surface area contributed by atoms with E-state index >= 15 is 0 Å². The van der Waals surface area contributed by atoms with Gasteiger partial charge < -0.3 is 9.52 Å². The molecule has 0 bridgehead atoms. The van der Waals surface area contributed by atoms with Gasteiger partial charge in [0, 0.05) is 6.20 Å². The van der Waals surface area contributed by atoms with Gasteiger partial charge in [0.05, 0.1) is 6.26 Å². The Kier molecular flexibility index (Phi) is 3.05. The lowest BCUT2D eigenvalue weighted by Crippen LogP contribution is -2.08. The zero-order chi connectivity index (χ0) is 13.3. The number of carboxylic acid groups (broad SMARTS) is 1. The van der Waals surface area contributed by atoms with Gasteiger partial charge in [0.15, 0.2) is 11.6 Å². The Hall–Kier alpha value is -2.31. The molecule has 0 aliphatic rings. The fraction of sp³-hybridized carbons (Fsp3) is 0.182. The molecule has 0 aliphatic heterocycles. The Morgan fingerprint density at radius 3 is 2.72 bits per heavy atom. The second-order valence-electron chi connectivity index (χ2n) is 3.53. The zero-order valence-corrected chi connectivity index (χ0v) is 9.22. The molecule has 18 heavy (non-hydrogen) atoms. The second kappa shape index (κ2) is 4.52. The average Bonchev–Trinajstić information content (AvgIpc) is 2.74. The SMILES string of the molecule is Cc1ccoc1-c1ncc(C(=O)O)c(C(F)F)n1. The van der Waals surface area contributed by atoms with Crippen molar-refractivity contribution in [3.63, 3.8) is 0 Å². The summed E-state index contributed by atoms with van der Waals surface area (Å²) < 4.78 is 30.5. The molecule has 0 spiro atoms. The van der Waals surface area contributed by atoms with Crippen LogP contribution in [0.4, 0.5) is 8.78 Å². The lowest BCUT2D eigenvalue weighted by Gasteiger charge is -2.05. The molecule has 0 aliphatic carbocycles. The molecule has 0 unspecified atom stereocenters. The van der Waals surface area contributed by atoms with Gasteiger partial charge in [-0.15, -0.1) is 0 Å². The first kappa shape index (κ1) is 12.2. The molecule has 0 aromatic carbocycles. The molecule has 2 aromatic rings. The third-order valence-corrected chi connectivity index (χ3v) is 2.32. The fourth-order valence-corrected chi connectivity index (χ4v) is 1.44. The van der Waals surface area contributed by atoms with Gasteiger partial charge in [-0.25, -0.2) is 23.5 Å². The number of carboxylic acids is 1. The summed E-state index contributed by atoms with van der Waals surface area (Å²) in [5.74, 6) is -1.31. The normalized spacial score (nSPS) is 10.9. The second-order valence-corrected chi connectivity index (χ2v) is 3.53. The zero-order valence-electron chi connectivity index (χ0n) is 9.22. The van der Waals surface area contributed by atoms with E-state index < -0.39 is 23.7 Å². The van der Waals surface area contributed by atoms with E-state index in [1.54, 1.807) is 13.0 Å². The van der Waals surface area contributed by atoms with Gasteiger partial charge >= 0.3 is 5.97 Å². The summed E-state index contributed by atoms with van der Waals surface area (Å²) in [6, 6.07) is 1.63. The number of hydrogen-bond acceptors (Lipinski definition) is 4. The van der Waals surface area contributed by atoms with E-state index in [9.17, 15) is 13.6 Å². The summed E-state index contributed by atoms with van der Waals surface area (Å²) in [4.78, 5) is 18.0. The average molecular weight is 254 g/mol. The van der Waals surface area contributed by atoms with Gasteiger partial charge in [-0.2, -0.15) is 0 Å². The van der Waals surface area contributed by atoms with Crippen molar-refractivity contribution in [2.24, 2.45) is 0 Å². The highest BCUT2D eigenvalue weighted by atomic mass is 19.3. The van der Waals surface area contributed by atoms with Gasteiger partial charge in [-0.1, -0.05) is 0 Å². The van der Waals surface area contributed by atoms with Crippen LogP contribution in [0.25, 0.3) is 11.6 Å². The molecule has 0 saturated carbocycles. The third kappa shape index (κ3) is 2.06. The number of alkyl halides is 2. The minimum Gasteiger partial charge on any atom is -0.478 e. The summed E-state index contributed by atoms with van der Waals surface area (Å²) in [6.45, 7) is 1.70. The number of halogens is 2. The Morgan fingerprint density at radius 2 is 2.22 bits per heavy atom. The van der Waals surface area contributed by atoms with Crippen LogP contribution in [0.1, 0.15) is 28.0 Å². The molecule has 0 radical (unpaired) electrons. The van der Waals surface area contributed by atoms with Crippen LogP contribution in [0.2, 0.25) is 0 Å². The largest absolute Gasteiger partial charge is 0.478 e. The fourth-order valence-electron chi connectivity index (χ4n) is 1.44. The van der Waals surface area contributed by atoms with Gasteiger partial charge in [0.2, 0.25) is 0 Å². The van der Waals surface area contributed by atoms with E-state index in [2.05, 4.69) is 9.97 Å². The molecule has 2 aromatic heterocycles. The number of aromatic carboxylic acids is 1. The van der Waals surface area contributed by atoms with Crippen molar-refractivity contribution in [2.45, 2.75) is 13.3 Å². The Bertz CT molecular complexity index is 596. The van der Waals surface area contributed by atoms with Crippen LogP contribution in [0.5, 0.6) is 0 Å². The first-order valence-electron chi connectivity index (χ1n) is 4.93. The monoisotopic (exact) mass is 254 g/mol. The number of carbonyl (C=O) groups is 1. The third-order valence-electron chi connectivity index (χ3n) is 2.32. The van der Waals surface area contributed by atoms with Gasteiger partial charge in [-0.3, -0.25) is 0 Å². The molecule has 0 amide bonds. The first-order valence-corrected chi connectivity index (χ1v) is 4.93. The molecule has 5 nitrogen and oxygen atoms in total. The van der Waals surface area contributed by atoms with Crippen LogP contribution < -0.4 is 0 Å². The quantitative estimate of drug-likeness (QED) is 0.911. The van der Waals surface area contributed by atoms with Crippen molar-refractivity contribution in [3.05, 3.63) is 35.3 Å². The summed E-state index contributed by atoms with van der Waals surface area (Å²) in [5, 5.41) is 8.75. The number of rotatable bonds is 3. The number of hydrogen-bond donors (Lipinski definition) is 1. The number of aryl methyl sites for hydroxylation is 1. The summed E-state index contributed by atoms with van der Waals surface area (Å²) >= 11 is 0. The summed E-state index contributed by atoms with van der Waals surface area (Å²) in [7, 11) is 0. The molecule has 0 atom stereocenters. The molecular weight excluding hydrogens is 246 g/mol. The van der Waals surface area contributed by atoms with E-state index in [-0.39, 0.29) is 11.6 Å². The summed E-state index contributed by atoms with van der Waals surface area (Å²) in [5.41, 5.74) is -0.750. The minimum absolute atomic E-state index is 0.0576. The van der Waals surface area contributed by atoms with E-state index in [1.807, 2.05) is 0 Å². The van der Waals surface area contributed by atoms with Crippen molar-refractivity contribution in [2.75, 3.05) is 0 Å². The smallest absolute Gasteiger partial charge is 0.339 e. The van der Waals surface area contributed by atoms with Crippen molar-refractivity contribution in [1.29, 1.82) is 0 Å². The Labute approximate surface area is 100 Å². The standard InChI is InChI=1S/C11H8F2N2O3/c1-5-2-3-18-8(5)10-14-4-6(11(16)17)7(15-10)9(12)13/h2-4,9H,1H3,(H,16,17). The summed E-state index contributed by atoms with van der Waals surface area (Å²) in [6.07, 6.45) is -0.761. The highest BCUT2D eigenvalue weighted by Gasteiger charge is 2.22. The highest BCUT2D eigenvalue weighted by Crippen LogP contribution is 2.25. The molecule has 1 N–H and O–H groups in total. The highest BCUT2D eigenvalue weighted by molar-refractivity contribution is 5.88. The lowest BCUT2D eigenvalue weighted by molar-refractivity contribution is 0.0681. The van der Waals surface area contributed by atoms with Gasteiger partial charge in [-0.05, 0) is 18.6 Å². The van der Waals surface area contributed by atoms with Crippen molar-refractivity contribution < 1.29 is 23.1 Å².